The quantitative estimate of drug-likeness (QED) is 0.0599. The molecule has 0 aliphatic heterocycles. The molecule has 0 heterocycles. The van der Waals surface area contributed by atoms with Crippen molar-refractivity contribution in [1.29, 1.82) is 0 Å². The first-order chi connectivity index (χ1) is 23.3. The van der Waals surface area contributed by atoms with Crippen molar-refractivity contribution in [2.24, 2.45) is 35.1 Å². The van der Waals surface area contributed by atoms with E-state index >= 15 is 0 Å². The number of carbonyl (C=O) groups is 7. The number of carboxylic acid groups (broad SMARTS) is 1. The van der Waals surface area contributed by atoms with Gasteiger partial charge in [0.05, 0.1) is 12.6 Å². The van der Waals surface area contributed by atoms with Gasteiger partial charge in [0.25, 0.3) is 0 Å². The Kier molecular flexibility index (Phi) is 21.8. The molecule has 0 aliphatic carbocycles. The van der Waals surface area contributed by atoms with Gasteiger partial charge in [0.1, 0.15) is 30.2 Å². The van der Waals surface area contributed by atoms with Crippen LogP contribution >= 0.6 is 0 Å². The van der Waals surface area contributed by atoms with E-state index in [0.717, 1.165) is 0 Å². The highest BCUT2D eigenvalue weighted by Crippen LogP contribution is 2.13. The zero-order valence-electron chi connectivity index (χ0n) is 31.4. The maximum absolute atomic E-state index is 13.4. The summed E-state index contributed by atoms with van der Waals surface area (Å²) in [6.07, 6.45) is 2.72. The first-order valence-corrected chi connectivity index (χ1v) is 17.8. The molecule has 288 valence electrons. The minimum absolute atomic E-state index is 0.0212. The molecule has 0 aliphatic rings. The number of nitrogens with one attached hydrogen (secondary N) is 6. The number of carbonyl (C=O) groups excluding carboxylic acids is 6. The lowest BCUT2D eigenvalue weighted by molar-refractivity contribution is -0.142. The second-order valence-corrected chi connectivity index (χ2v) is 13.9. The average molecular weight is 713 g/mol. The van der Waals surface area contributed by atoms with Crippen molar-refractivity contribution in [3.63, 3.8) is 0 Å². The SMILES string of the molecule is CC[C@H](C)[C@@H](NC(=O)CNC(=O)[C@@H](CC(C)C)NC(=O)[C@@H](CCCCN)NC(=O)[C@H](N)C(C)C)C(=O)N[C@@H](C(=O)N[C@H](C)C(=O)O)[C@@H](C)CC. The Balaban J connectivity index is 5.77. The van der Waals surface area contributed by atoms with Crippen molar-refractivity contribution in [3.8, 4) is 0 Å². The van der Waals surface area contributed by atoms with Crippen LogP contribution < -0.4 is 43.4 Å². The Labute approximate surface area is 297 Å². The summed E-state index contributed by atoms with van der Waals surface area (Å²) in [5.74, 6) is -5.76. The van der Waals surface area contributed by atoms with Crippen molar-refractivity contribution < 1.29 is 38.7 Å². The largest absolute Gasteiger partial charge is 0.480 e. The maximum atomic E-state index is 13.4. The third kappa shape index (κ3) is 16.7. The summed E-state index contributed by atoms with van der Waals surface area (Å²) < 4.78 is 0. The van der Waals surface area contributed by atoms with Crippen molar-refractivity contribution in [1.82, 2.24) is 31.9 Å². The molecule has 0 aromatic rings. The monoisotopic (exact) mass is 712 g/mol. The number of hydrogen-bond donors (Lipinski definition) is 9. The molecule has 0 fully saturated rings. The van der Waals surface area contributed by atoms with Crippen molar-refractivity contribution in [2.45, 2.75) is 137 Å². The normalized spacial score (nSPS) is 16.1. The van der Waals surface area contributed by atoms with E-state index in [9.17, 15) is 38.7 Å². The second-order valence-electron chi connectivity index (χ2n) is 13.9. The number of nitrogens with two attached hydrogens (primary N) is 2. The van der Waals surface area contributed by atoms with E-state index in [1.807, 2.05) is 27.7 Å². The van der Waals surface area contributed by atoms with E-state index in [4.69, 9.17) is 11.5 Å². The Morgan fingerprint density at radius 3 is 1.64 bits per heavy atom. The van der Waals surface area contributed by atoms with Crippen LogP contribution in [0, 0.1) is 23.7 Å². The van der Waals surface area contributed by atoms with Crippen LogP contribution in [-0.2, 0) is 33.6 Å². The van der Waals surface area contributed by atoms with Gasteiger partial charge in [0.2, 0.25) is 35.4 Å². The summed E-state index contributed by atoms with van der Waals surface area (Å²) in [4.78, 5) is 90.0. The van der Waals surface area contributed by atoms with E-state index in [-0.39, 0.29) is 36.5 Å². The summed E-state index contributed by atoms with van der Waals surface area (Å²) in [5, 5.41) is 24.9. The minimum atomic E-state index is -1.23. The molecule has 0 rings (SSSR count). The van der Waals surface area contributed by atoms with Crippen LogP contribution in [-0.4, -0.2) is 95.9 Å². The van der Waals surface area contributed by atoms with Crippen molar-refractivity contribution in [2.75, 3.05) is 13.1 Å². The van der Waals surface area contributed by atoms with Crippen molar-refractivity contribution >= 4 is 41.4 Å². The number of aliphatic carboxylic acids is 1. The fourth-order valence-corrected chi connectivity index (χ4v) is 4.83. The molecule has 0 aromatic heterocycles. The van der Waals surface area contributed by atoms with Crippen LogP contribution in [0.5, 0.6) is 0 Å². The maximum Gasteiger partial charge on any atom is 0.325 e. The molecule has 16 heteroatoms. The second kappa shape index (κ2) is 23.6. The van der Waals surface area contributed by atoms with Crippen LogP contribution in [0.3, 0.4) is 0 Å². The molecule has 0 aromatic carbocycles. The smallest absolute Gasteiger partial charge is 0.325 e. The minimum Gasteiger partial charge on any atom is -0.480 e. The van der Waals surface area contributed by atoms with E-state index in [1.165, 1.54) is 6.92 Å². The number of carboxylic acids is 1. The van der Waals surface area contributed by atoms with E-state index in [0.29, 0.717) is 32.2 Å². The van der Waals surface area contributed by atoms with Gasteiger partial charge in [0, 0.05) is 0 Å². The van der Waals surface area contributed by atoms with Gasteiger partial charge in [-0.1, -0.05) is 68.2 Å². The molecule has 50 heavy (non-hydrogen) atoms. The lowest BCUT2D eigenvalue weighted by Crippen LogP contribution is -2.59. The van der Waals surface area contributed by atoms with Gasteiger partial charge in [-0.25, -0.2) is 0 Å². The third-order valence-corrected chi connectivity index (χ3v) is 8.70. The van der Waals surface area contributed by atoms with Crippen LogP contribution in [0.25, 0.3) is 0 Å². The molecule has 0 saturated heterocycles. The van der Waals surface area contributed by atoms with Gasteiger partial charge in [-0.3, -0.25) is 33.6 Å². The highest BCUT2D eigenvalue weighted by atomic mass is 16.4. The van der Waals surface area contributed by atoms with Crippen LogP contribution in [0.1, 0.15) is 101 Å². The molecule has 0 bridgehead atoms. The van der Waals surface area contributed by atoms with Gasteiger partial charge < -0.3 is 48.5 Å². The number of unbranched alkanes of at least 4 members (excludes halogenated alkanes) is 1. The lowest BCUT2D eigenvalue weighted by atomic mass is 9.94. The van der Waals surface area contributed by atoms with E-state index in [2.05, 4.69) is 31.9 Å². The Hall–Kier alpha value is -3.79. The van der Waals surface area contributed by atoms with Crippen LogP contribution in [0.15, 0.2) is 0 Å². The molecule has 8 atom stereocenters. The predicted molar refractivity (Wildman–Crippen MR) is 190 cm³/mol. The summed E-state index contributed by atoms with van der Waals surface area (Å²) in [7, 11) is 0. The summed E-state index contributed by atoms with van der Waals surface area (Å²) in [5.41, 5.74) is 11.6. The van der Waals surface area contributed by atoms with Gasteiger partial charge in [-0.15, -0.1) is 0 Å². The molecule has 0 spiro atoms. The molecule has 16 nitrogen and oxygen atoms in total. The highest BCUT2D eigenvalue weighted by molar-refractivity contribution is 5.96. The first kappa shape index (κ1) is 46.2. The van der Waals surface area contributed by atoms with Crippen molar-refractivity contribution in [3.05, 3.63) is 0 Å². The zero-order valence-corrected chi connectivity index (χ0v) is 31.4. The molecule has 0 radical (unpaired) electrons. The summed E-state index contributed by atoms with van der Waals surface area (Å²) >= 11 is 0. The van der Waals surface area contributed by atoms with E-state index in [1.54, 1.807) is 27.7 Å². The molecular weight excluding hydrogens is 648 g/mol. The third-order valence-electron chi connectivity index (χ3n) is 8.70. The fraction of sp³-hybridized carbons (Fsp3) is 0.794. The molecule has 6 amide bonds. The fourth-order valence-electron chi connectivity index (χ4n) is 4.83. The average Bonchev–Trinajstić information content (AvgIpc) is 3.05. The zero-order chi connectivity index (χ0) is 38.7. The lowest BCUT2D eigenvalue weighted by Gasteiger charge is -2.29. The summed E-state index contributed by atoms with van der Waals surface area (Å²) in [6, 6.07) is -6.10. The number of hydrogen-bond acceptors (Lipinski definition) is 9. The number of rotatable bonds is 24. The molecule has 0 saturated carbocycles. The summed E-state index contributed by atoms with van der Waals surface area (Å²) in [6.45, 7) is 15.7. The number of amides is 6. The Morgan fingerprint density at radius 2 is 1.16 bits per heavy atom. The molecular formula is C34H64N8O8. The van der Waals surface area contributed by atoms with Gasteiger partial charge in [-0.2, -0.15) is 0 Å². The topological polar surface area (TPSA) is 264 Å². The first-order valence-electron chi connectivity index (χ1n) is 17.8. The molecule has 11 N–H and O–H groups in total. The van der Waals surface area contributed by atoms with Gasteiger partial charge in [-0.05, 0) is 62.8 Å². The van der Waals surface area contributed by atoms with Gasteiger partial charge in [0.15, 0.2) is 0 Å². The Bertz CT molecular complexity index is 1130. The Morgan fingerprint density at radius 1 is 0.640 bits per heavy atom. The predicted octanol–water partition coefficient (Wildman–Crippen LogP) is -0.118. The standard InChI is InChI=1S/C34H64N8O8/c1-10-20(7)27(33(48)42-28(21(8)11-2)32(47)38-22(9)34(49)50)41-25(43)17-37-29(44)24(16-18(3)4)40-30(45)23(14-12-13-15-35)39-31(46)26(36)19(5)6/h18-24,26-28H,10-17,35-36H2,1-9H3,(H,37,44)(H,38,47)(H,39,46)(H,40,45)(H,41,43)(H,42,48)(H,49,50)/t20-,21-,22+,23+,24+,26+,27+,28+/m0/s1. The van der Waals surface area contributed by atoms with Gasteiger partial charge >= 0.3 is 5.97 Å². The van der Waals surface area contributed by atoms with E-state index < -0.39 is 84.2 Å². The van der Waals surface area contributed by atoms with Crippen LogP contribution in [0.4, 0.5) is 0 Å². The highest BCUT2D eigenvalue weighted by Gasteiger charge is 2.34. The van der Waals surface area contributed by atoms with Crippen LogP contribution in [0.2, 0.25) is 0 Å². The molecule has 0 unspecified atom stereocenters.